The number of esters is 1. The molecule has 1 amide bonds. The van der Waals surface area contributed by atoms with E-state index in [9.17, 15) is 19.8 Å². The van der Waals surface area contributed by atoms with E-state index in [1.54, 1.807) is 6.92 Å². The molecule has 0 radical (unpaired) electrons. The molecule has 0 bridgehead atoms. The summed E-state index contributed by atoms with van der Waals surface area (Å²) in [6, 6.07) is 6.14. The SMILES string of the molecule is CCOC(=O)CC(O)C(O)c1ccc(C(=O)NC)cc1. The van der Waals surface area contributed by atoms with Gasteiger partial charge in [-0.1, -0.05) is 12.1 Å². The third-order valence-electron chi connectivity index (χ3n) is 2.79. The van der Waals surface area contributed by atoms with Crippen molar-refractivity contribution in [3.05, 3.63) is 35.4 Å². The van der Waals surface area contributed by atoms with Crippen molar-refractivity contribution in [2.75, 3.05) is 13.7 Å². The lowest BCUT2D eigenvalue weighted by Crippen LogP contribution is -2.23. The highest BCUT2D eigenvalue weighted by molar-refractivity contribution is 5.93. The van der Waals surface area contributed by atoms with Gasteiger partial charge < -0.3 is 20.3 Å². The van der Waals surface area contributed by atoms with Crippen LogP contribution in [0.3, 0.4) is 0 Å². The Labute approximate surface area is 117 Å². The first-order valence-corrected chi connectivity index (χ1v) is 6.33. The fourth-order valence-electron chi connectivity index (χ4n) is 1.70. The van der Waals surface area contributed by atoms with E-state index in [4.69, 9.17) is 4.74 Å². The van der Waals surface area contributed by atoms with Crippen molar-refractivity contribution in [1.29, 1.82) is 0 Å². The number of benzene rings is 1. The van der Waals surface area contributed by atoms with Gasteiger partial charge in [-0.2, -0.15) is 0 Å². The minimum absolute atomic E-state index is 0.225. The molecular weight excluding hydrogens is 262 g/mol. The summed E-state index contributed by atoms with van der Waals surface area (Å²) >= 11 is 0. The van der Waals surface area contributed by atoms with Crippen molar-refractivity contribution >= 4 is 11.9 Å². The Balaban J connectivity index is 2.69. The second-order valence-electron chi connectivity index (χ2n) is 4.22. The molecule has 1 aromatic carbocycles. The standard InChI is InChI=1S/C14H19NO5/c1-3-20-12(17)8-11(16)13(18)9-4-6-10(7-5-9)14(19)15-2/h4-7,11,13,16,18H,3,8H2,1-2H3,(H,15,19). The number of ether oxygens (including phenoxy) is 1. The van der Waals surface area contributed by atoms with Crippen LogP contribution in [0.4, 0.5) is 0 Å². The number of rotatable bonds is 6. The van der Waals surface area contributed by atoms with Crippen molar-refractivity contribution in [2.45, 2.75) is 25.6 Å². The van der Waals surface area contributed by atoms with Crippen LogP contribution in [-0.2, 0) is 9.53 Å². The fourth-order valence-corrected chi connectivity index (χ4v) is 1.70. The van der Waals surface area contributed by atoms with Gasteiger partial charge in [-0.15, -0.1) is 0 Å². The maximum absolute atomic E-state index is 11.4. The topological polar surface area (TPSA) is 95.9 Å². The van der Waals surface area contributed by atoms with Crippen molar-refractivity contribution < 1.29 is 24.5 Å². The molecular formula is C14H19NO5. The molecule has 0 aliphatic rings. The molecule has 0 heterocycles. The molecule has 0 spiro atoms. The number of carbonyl (C=O) groups is 2. The lowest BCUT2D eigenvalue weighted by Gasteiger charge is -2.17. The molecule has 0 saturated carbocycles. The highest BCUT2D eigenvalue weighted by atomic mass is 16.5. The van der Waals surface area contributed by atoms with E-state index in [2.05, 4.69) is 5.32 Å². The number of carbonyl (C=O) groups excluding carboxylic acids is 2. The van der Waals surface area contributed by atoms with Crippen LogP contribution >= 0.6 is 0 Å². The van der Waals surface area contributed by atoms with Crippen LogP contribution in [0.15, 0.2) is 24.3 Å². The van der Waals surface area contributed by atoms with E-state index in [1.165, 1.54) is 31.3 Å². The first-order valence-electron chi connectivity index (χ1n) is 6.33. The molecule has 6 heteroatoms. The number of amides is 1. The first kappa shape index (κ1) is 16.1. The molecule has 0 saturated heterocycles. The molecule has 20 heavy (non-hydrogen) atoms. The third-order valence-corrected chi connectivity index (χ3v) is 2.79. The molecule has 0 aliphatic heterocycles. The second kappa shape index (κ2) is 7.62. The van der Waals surface area contributed by atoms with Crippen molar-refractivity contribution in [3.8, 4) is 0 Å². The van der Waals surface area contributed by atoms with Crippen LogP contribution < -0.4 is 5.32 Å². The van der Waals surface area contributed by atoms with Crippen LogP contribution in [0.5, 0.6) is 0 Å². The summed E-state index contributed by atoms with van der Waals surface area (Å²) in [6.07, 6.45) is -2.75. The lowest BCUT2D eigenvalue weighted by molar-refractivity contribution is -0.147. The van der Waals surface area contributed by atoms with Gasteiger partial charge in [0, 0.05) is 12.6 Å². The summed E-state index contributed by atoms with van der Waals surface area (Å²) in [7, 11) is 1.52. The Morgan fingerprint density at radius 2 is 1.85 bits per heavy atom. The monoisotopic (exact) mass is 281 g/mol. The van der Waals surface area contributed by atoms with Crippen molar-refractivity contribution in [3.63, 3.8) is 0 Å². The molecule has 0 fully saturated rings. The summed E-state index contributed by atoms with van der Waals surface area (Å²) in [6.45, 7) is 1.89. The average molecular weight is 281 g/mol. The van der Waals surface area contributed by atoms with Crippen LogP contribution in [-0.4, -0.2) is 41.8 Å². The van der Waals surface area contributed by atoms with Gasteiger partial charge in [0.25, 0.3) is 5.91 Å². The number of hydrogen-bond acceptors (Lipinski definition) is 5. The summed E-state index contributed by atoms with van der Waals surface area (Å²) < 4.78 is 4.70. The van der Waals surface area contributed by atoms with Crippen LogP contribution in [0, 0.1) is 0 Å². The zero-order valence-electron chi connectivity index (χ0n) is 11.5. The summed E-state index contributed by atoms with van der Waals surface area (Å²) in [5, 5.41) is 22.2. The summed E-state index contributed by atoms with van der Waals surface area (Å²) in [4.78, 5) is 22.6. The Kier molecular flexibility index (Phi) is 6.14. The second-order valence-corrected chi connectivity index (χ2v) is 4.22. The molecule has 1 aromatic rings. The minimum Gasteiger partial charge on any atom is -0.466 e. The van der Waals surface area contributed by atoms with Gasteiger partial charge in [0.1, 0.15) is 6.10 Å². The van der Waals surface area contributed by atoms with E-state index < -0.39 is 18.2 Å². The highest BCUT2D eigenvalue weighted by Crippen LogP contribution is 2.20. The molecule has 0 aliphatic carbocycles. The lowest BCUT2D eigenvalue weighted by atomic mass is 10.0. The van der Waals surface area contributed by atoms with Crippen LogP contribution in [0.1, 0.15) is 35.4 Å². The predicted molar refractivity (Wildman–Crippen MR) is 72.0 cm³/mol. The zero-order valence-corrected chi connectivity index (χ0v) is 11.5. The predicted octanol–water partition coefficient (Wildman–Crippen LogP) is 0.394. The fraction of sp³-hybridized carbons (Fsp3) is 0.429. The van der Waals surface area contributed by atoms with Gasteiger partial charge in [-0.05, 0) is 24.6 Å². The van der Waals surface area contributed by atoms with Gasteiger partial charge >= 0.3 is 5.97 Å². The van der Waals surface area contributed by atoms with Gasteiger partial charge in [-0.3, -0.25) is 9.59 Å². The van der Waals surface area contributed by atoms with Crippen LogP contribution in [0.2, 0.25) is 0 Å². The van der Waals surface area contributed by atoms with Crippen molar-refractivity contribution in [2.24, 2.45) is 0 Å². The molecule has 0 aromatic heterocycles. The molecule has 2 unspecified atom stereocenters. The Morgan fingerprint density at radius 1 is 1.25 bits per heavy atom. The molecule has 2 atom stereocenters. The average Bonchev–Trinajstić information content (AvgIpc) is 2.46. The highest BCUT2D eigenvalue weighted by Gasteiger charge is 2.22. The van der Waals surface area contributed by atoms with Crippen molar-refractivity contribution in [1.82, 2.24) is 5.32 Å². The summed E-state index contributed by atoms with van der Waals surface area (Å²) in [5.41, 5.74) is 0.873. The quantitative estimate of drug-likeness (QED) is 0.656. The maximum atomic E-state index is 11.4. The Bertz CT molecular complexity index is 457. The van der Waals surface area contributed by atoms with Gasteiger partial charge in [0.2, 0.25) is 0 Å². The number of aliphatic hydroxyl groups excluding tert-OH is 2. The van der Waals surface area contributed by atoms with E-state index >= 15 is 0 Å². The third kappa shape index (κ3) is 4.32. The summed E-state index contributed by atoms with van der Waals surface area (Å²) in [5.74, 6) is -0.806. The first-order chi connectivity index (χ1) is 9.49. The van der Waals surface area contributed by atoms with Gasteiger partial charge in [0.05, 0.1) is 19.1 Å². The molecule has 6 nitrogen and oxygen atoms in total. The van der Waals surface area contributed by atoms with Gasteiger partial charge in [-0.25, -0.2) is 0 Å². The van der Waals surface area contributed by atoms with Crippen LogP contribution in [0.25, 0.3) is 0 Å². The molecule has 3 N–H and O–H groups in total. The number of aliphatic hydroxyl groups is 2. The van der Waals surface area contributed by atoms with E-state index in [1.807, 2.05) is 0 Å². The normalized spacial score (nSPS) is 13.4. The largest absolute Gasteiger partial charge is 0.466 e. The number of nitrogens with one attached hydrogen (secondary N) is 1. The minimum atomic E-state index is -1.25. The zero-order chi connectivity index (χ0) is 15.1. The van der Waals surface area contributed by atoms with E-state index in [0.717, 1.165) is 0 Å². The molecule has 110 valence electrons. The maximum Gasteiger partial charge on any atom is 0.308 e. The van der Waals surface area contributed by atoms with E-state index in [0.29, 0.717) is 11.1 Å². The Morgan fingerprint density at radius 3 is 2.35 bits per heavy atom. The molecule has 1 rings (SSSR count). The van der Waals surface area contributed by atoms with Gasteiger partial charge in [0.15, 0.2) is 0 Å². The number of hydrogen-bond donors (Lipinski definition) is 3. The smallest absolute Gasteiger partial charge is 0.308 e. The van der Waals surface area contributed by atoms with E-state index in [-0.39, 0.29) is 18.9 Å². The Hall–Kier alpha value is -1.92.